The molecule has 1 aliphatic heterocycles. The Labute approximate surface area is 247 Å². The molecule has 0 aromatic heterocycles. The smallest absolute Gasteiger partial charge is 0.251 e. The summed E-state index contributed by atoms with van der Waals surface area (Å²) < 4.78 is 37.1. The number of hydrogen-bond donors (Lipinski definition) is 2. The van der Waals surface area contributed by atoms with E-state index in [1.165, 1.54) is 12.1 Å². The summed E-state index contributed by atoms with van der Waals surface area (Å²) in [6.07, 6.45) is 2.96. The summed E-state index contributed by atoms with van der Waals surface area (Å²) in [7, 11) is -3.14. The third-order valence-corrected chi connectivity index (χ3v) is 10.1. The molecule has 0 radical (unpaired) electrons. The van der Waals surface area contributed by atoms with Crippen molar-refractivity contribution in [3.05, 3.63) is 95.8 Å². The second kappa shape index (κ2) is 12.8. The minimum Gasteiger partial charge on any atom is -0.340 e. The van der Waals surface area contributed by atoms with Crippen molar-refractivity contribution in [1.29, 1.82) is 0 Å². The summed E-state index contributed by atoms with van der Waals surface area (Å²) in [5.41, 5.74) is 3.60. The Morgan fingerprint density at radius 3 is 2.24 bits per heavy atom. The lowest BCUT2D eigenvalue weighted by Crippen LogP contribution is -2.52. The number of nitrogens with one attached hydrogen (secondary N) is 2. The van der Waals surface area contributed by atoms with Crippen LogP contribution in [0.4, 0.5) is 4.39 Å². The van der Waals surface area contributed by atoms with E-state index in [9.17, 15) is 22.4 Å². The fourth-order valence-corrected chi connectivity index (χ4v) is 6.89. The van der Waals surface area contributed by atoms with E-state index in [4.69, 9.17) is 0 Å². The zero-order valence-corrected chi connectivity index (χ0v) is 24.7. The predicted octanol–water partition coefficient (Wildman–Crippen LogP) is 4.55. The zero-order valence-electron chi connectivity index (χ0n) is 23.9. The molecule has 9 heteroatoms. The van der Waals surface area contributed by atoms with Gasteiger partial charge in [-0.1, -0.05) is 54.6 Å². The van der Waals surface area contributed by atoms with Gasteiger partial charge in [0, 0.05) is 30.1 Å². The van der Waals surface area contributed by atoms with Crippen molar-refractivity contribution in [2.24, 2.45) is 0 Å². The van der Waals surface area contributed by atoms with Crippen LogP contribution in [-0.4, -0.2) is 67.9 Å². The van der Waals surface area contributed by atoms with E-state index in [0.29, 0.717) is 24.3 Å². The van der Waals surface area contributed by atoms with E-state index in [2.05, 4.69) is 17.6 Å². The second-order valence-corrected chi connectivity index (χ2v) is 13.9. The quantitative estimate of drug-likeness (QED) is 0.319. The molecule has 3 aromatic carbocycles. The molecule has 42 heavy (non-hydrogen) atoms. The summed E-state index contributed by atoms with van der Waals surface area (Å²) in [5.74, 6) is -0.576. The van der Waals surface area contributed by atoms with Gasteiger partial charge in [-0.15, -0.1) is 0 Å². The highest BCUT2D eigenvalue weighted by molar-refractivity contribution is 7.91. The normalized spacial score (nSPS) is 21.9. The van der Waals surface area contributed by atoms with E-state index in [-0.39, 0.29) is 47.8 Å². The van der Waals surface area contributed by atoms with Crippen LogP contribution in [0.1, 0.15) is 54.4 Å². The van der Waals surface area contributed by atoms with Crippen molar-refractivity contribution in [2.45, 2.75) is 50.1 Å². The van der Waals surface area contributed by atoms with Crippen molar-refractivity contribution < 1.29 is 22.4 Å². The molecule has 1 saturated carbocycles. The molecule has 2 N–H and O–H groups in total. The Bertz CT molecular complexity index is 1480. The molecule has 222 valence electrons. The molecule has 2 amide bonds. The van der Waals surface area contributed by atoms with Crippen molar-refractivity contribution >= 4 is 21.7 Å². The number of nitrogens with zero attached hydrogens (tertiary/aromatic N) is 1. The van der Waals surface area contributed by atoms with Crippen LogP contribution in [0.3, 0.4) is 0 Å². The molecule has 0 spiro atoms. The van der Waals surface area contributed by atoms with Crippen LogP contribution in [0, 0.1) is 5.82 Å². The van der Waals surface area contributed by atoms with Gasteiger partial charge in [-0.2, -0.15) is 0 Å². The van der Waals surface area contributed by atoms with E-state index in [1.807, 2.05) is 54.6 Å². The Morgan fingerprint density at radius 2 is 1.57 bits per heavy atom. The molecule has 3 aromatic rings. The van der Waals surface area contributed by atoms with Crippen molar-refractivity contribution in [2.75, 3.05) is 31.1 Å². The van der Waals surface area contributed by atoms with Gasteiger partial charge in [-0.05, 0) is 80.1 Å². The maximum Gasteiger partial charge on any atom is 0.251 e. The van der Waals surface area contributed by atoms with E-state index < -0.39 is 15.9 Å². The molecule has 2 fully saturated rings. The van der Waals surface area contributed by atoms with Crippen LogP contribution < -0.4 is 10.6 Å². The Balaban J connectivity index is 1.17. The lowest BCUT2D eigenvalue weighted by atomic mass is 10.0. The molecule has 3 atom stereocenters. The molecule has 7 nitrogen and oxygen atoms in total. The average molecular weight is 592 g/mol. The summed E-state index contributed by atoms with van der Waals surface area (Å²) in [5, 5.41) is 6.55. The van der Waals surface area contributed by atoms with Crippen LogP contribution >= 0.6 is 0 Å². The van der Waals surface area contributed by atoms with E-state index in [1.54, 1.807) is 17.0 Å². The summed E-state index contributed by atoms with van der Waals surface area (Å²) in [6, 6.07) is 23.1. The maximum absolute atomic E-state index is 13.4. The molecule has 2 aliphatic rings. The number of carbonyl (C=O) groups is 2. The first-order valence-electron chi connectivity index (χ1n) is 14.6. The fraction of sp³-hybridized carbons (Fsp3) is 0.394. The van der Waals surface area contributed by atoms with Gasteiger partial charge in [0.1, 0.15) is 11.9 Å². The Morgan fingerprint density at radius 1 is 0.929 bits per heavy atom. The number of carbonyl (C=O) groups excluding carboxylic acids is 2. The molecule has 1 heterocycles. The topological polar surface area (TPSA) is 95.6 Å². The predicted molar refractivity (Wildman–Crippen MR) is 162 cm³/mol. The number of rotatable bonds is 11. The van der Waals surface area contributed by atoms with Gasteiger partial charge in [0.2, 0.25) is 5.91 Å². The molecule has 0 bridgehead atoms. The van der Waals surface area contributed by atoms with Gasteiger partial charge in [0.05, 0.1) is 11.5 Å². The Kier molecular flexibility index (Phi) is 9.08. The van der Waals surface area contributed by atoms with Crippen LogP contribution in [0.5, 0.6) is 0 Å². The summed E-state index contributed by atoms with van der Waals surface area (Å²) >= 11 is 0. The van der Waals surface area contributed by atoms with Gasteiger partial charge in [0.25, 0.3) is 5.91 Å². The molecular weight excluding hydrogens is 553 g/mol. The SMILES string of the molecule is CC1(NCCCCC(NC(=O)c2ccc(-c3ccccc3)cc2)C(=O)N2CCS(=O)(=O)CC2)CC1c1ccc(F)cc1. The average Bonchev–Trinajstić information content (AvgIpc) is 3.67. The summed E-state index contributed by atoms with van der Waals surface area (Å²) in [6.45, 7) is 3.21. The minimum absolute atomic E-state index is 0.0352. The zero-order chi connectivity index (χ0) is 29.7. The standard InChI is InChI=1S/C33H38FN3O4S/c1-33(23-29(33)26-14-16-28(34)17-15-26)35-18-6-5-9-30(32(39)37-19-21-42(40,41)22-20-37)36-31(38)27-12-10-25(11-13-27)24-7-3-2-4-8-24/h2-4,7-8,10-17,29-30,35H,5-6,9,18-23H2,1H3,(H,36,38). The summed E-state index contributed by atoms with van der Waals surface area (Å²) in [4.78, 5) is 28.2. The van der Waals surface area contributed by atoms with Crippen LogP contribution in [0.15, 0.2) is 78.9 Å². The number of halogens is 1. The number of amides is 2. The largest absolute Gasteiger partial charge is 0.340 e. The van der Waals surface area contributed by atoms with Gasteiger partial charge < -0.3 is 15.5 Å². The molecule has 1 saturated heterocycles. The van der Waals surface area contributed by atoms with E-state index >= 15 is 0 Å². The number of unbranched alkanes of at least 4 members (excludes halogenated alkanes) is 1. The number of hydrogen-bond acceptors (Lipinski definition) is 5. The first kappa shape index (κ1) is 29.9. The minimum atomic E-state index is -3.14. The van der Waals surface area contributed by atoms with Gasteiger partial charge in [0.15, 0.2) is 9.84 Å². The van der Waals surface area contributed by atoms with Crippen LogP contribution in [-0.2, 0) is 14.6 Å². The maximum atomic E-state index is 13.4. The number of benzene rings is 3. The third kappa shape index (κ3) is 7.44. The van der Waals surface area contributed by atoms with Gasteiger partial charge in [-0.25, -0.2) is 12.8 Å². The lowest BCUT2D eigenvalue weighted by molar-refractivity contribution is -0.133. The highest BCUT2D eigenvalue weighted by atomic mass is 32.2. The second-order valence-electron chi connectivity index (χ2n) is 11.6. The fourth-order valence-electron chi connectivity index (χ4n) is 5.69. The van der Waals surface area contributed by atoms with Gasteiger partial charge >= 0.3 is 0 Å². The van der Waals surface area contributed by atoms with Crippen LogP contribution in [0.2, 0.25) is 0 Å². The van der Waals surface area contributed by atoms with Crippen molar-refractivity contribution in [1.82, 2.24) is 15.5 Å². The van der Waals surface area contributed by atoms with Crippen molar-refractivity contribution in [3.8, 4) is 11.1 Å². The first-order valence-corrected chi connectivity index (χ1v) is 16.4. The molecular formula is C33H38FN3O4S. The first-order chi connectivity index (χ1) is 20.1. The van der Waals surface area contributed by atoms with Crippen LogP contribution in [0.25, 0.3) is 11.1 Å². The molecule has 1 aliphatic carbocycles. The highest BCUT2D eigenvalue weighted by Crippen LogP contribution is 2.51. The van der Waals surface area contributed by atoms with Crippen molar-refractivity contribution in [3.63, 3.8) is 0 Å². The molecule has 3 unspecified atom stereocenters. The van der Waals surface area contributed by atoms with E-state index in [0.717, 1.165) is 36.1 Å². The third-order valence-electron chi connectivity index (χ3n) is 8.47. The molecule has 5 rings (SSSR count). The highest BCUT2D eigenvalue weighted by Gasteiger charge is 2.50. The van der Waals surface area contributed by atoms with Gasteiger partial charge in [-0.3, -0.25) is 9.59 Å². The lowest BCUT2D eigenvalue weighted by Gasteiger charge is -2.30. The Hall–Kier alpha value is -3.56. The monoisotopic (exact) mass is 591 g/mol. The number of sulfone groups is 1.